The summed E-state index contributed by atoms with van der Waals surface area (Å²) in [4.78, 5) is 2.05. The predicted molar refractivity (Wildman–Crippen MR) is 52.1 cm³/mol. The van der Waals surface area contributed by atoms with Crippen molar-refractivity contribution < 1.29 is 18.9 Å². The van der Waals surface area contributed by atoms with E-state index in [1.54, 1.807) is 0 Å². The first-order valence-electron chi connectivity index (χ1n) is 3.46. The van der Waals surface area contributed by atoms with Crippen LogP contribution in [0.25, 0.3) is 0 Å². The van der Waals surface area contributed by atoms with Crippen molar-refractivity contribution in [3.8, 4) is 0 Å². The first kappa shape index (κ1) is 14.2. The van der Waals surface area contributed by atoms with E-state index in [-0.39, 0.29) is 18.9 Å². The normalized spacial score (nSPS) is 9.64. The summed E-state index contributed by atoms with van der Waals surface area (Å²) in [5.74, 6) is 0. The molecule has 0 heterocycles. The third kappa shape index (κ3) is 5.03. The smallest absolute Gasteiger partial charge is 0.411 e. The fourth-order valence-electron chi connectivity index (χ4n) is 1.02. The van der Waals surface area contributed by atoms with E-state index < -0.39 is 0 Å². The van der Waals surface area contributed by atoms with Gasteiger partial charge in [0.25, 0.3) is 0 Å². The Hall–Kier alpha value is 0.707. The fourth-order valence-corrected chi connectivity index (χ4v) is 1.86. The zero-order valence-electron chi connectivity index (χ0n) is 7.92. The van der Waals surface area contributed by atoms with E-state index in [0.29, 0.717) is 16.4 Å². The molecule has 0 aromatic carbocycles. The molecule has 0 amide bonds. The Morgan fingerprint density at radius 2 is 1.45 bits per heavy atom. The van der Waals surface area contributed by atoms with Crippen LogP contribution in [0.2, 0.25) is 0 Å². The van der Waals surface area contributed by atoms with Gasteiger partial charge >= 0.3 is 18.9 Å². The minimum absolute atomic E-state index is 0. The molecule has 4 heteroatoms. The van der Waals surface area contributed by atoms with Gasteiger partial charge in [0.1, 0.15) is 0 Å². The third-order valence-corrected chi connectivity index (χ3v) is 1.75. The molecule has 60 valence electrons. The Morgan fingerprint density at radius 3 is 1.45 bits per heavy atom. The molecule has 0 saturated heterocycles. The average Bonchev–Trinajstić information content (AvgIpc) is 1.59. The van der Waals surface area contributed by atoms with Gasteiger partial charge in [-0.05, 0) is 27.7 Å². The third-order valence-electron chi connectivity index (χ3n) is 1.32. The summed E-state index contributed by atoms with van der Waals surface area (Å²) >= 11 is 9.82. The number of rotatable bonds is 2. The van der Waals surface area contributed by atoms with Gasteiger partial charge in [-0.15, -0.1) is 0 Å². The predicted octanol–water partition coefficient (Wildman–Crippen LogP) is -1.06. The minimum atomic E-state index is 0. The monoisotopic (exact) mass is 183 g/mol. The van der Waals surface area contributed by atoms with Gasteiger partial charge in [-0.1, -0.05) is 4.32 Å². The topological polar surface area (TPSA) is 3.24 Å². The Bertz CT molecular complexity index is 118. The summed E-state index contributed by atoms with van der Waals surface area (Å²) < 4.78 is 0.574. The first-order chi connectivity index (χ1) is 4.46. The van der Waals surface area contributed by atoms with E-state index >= 15 is 0 Å². The second kappa shape index (κ2) is 6.25. The van der Waals surface area contributed by atoms with Crippen molar-refractivity contribution in [2.75, 3.05) is 0 Å². The summed E-state index contributed by atoms with van der Waals surface area (Å²) in [6.07, 6.45) is 0. The molecule has 0 aliphatic rings. The average molecular weight is 183 g/mol. The van der Waals surface area contributed by atoms with Gasteiger partial charge in [0.2, 0.25) is 0 Å². The fraction of sp³-hybridized carbons (Fsp3) is 0.857. The largest absolute Gasteiger partial charge is 1.00 e. The van der Waals surface area contributed by atoms with Crippen LogP contribution in [-0.4, -0.2) is 21.3 Å². The maximum atomic E-state index is 4.91. The quantitative estimate of drug-likeness (QED) is 0.305. The SMILES string of the molecule is CC(C)N(C(=S)[S-])C(C)C.[Li+]. The summed E-state index contributed by atoms with van der Waals surface area (Å²) in [6.45, 7) is 8.38. The van der Waals surface area contributed by atoms with E-state index in [4.69, 9.17) is 24.8 Å². The van der Waals surface area contributed by atoms with Gasteiger partial charge in [-0.25, -0.2) is 0 Å². The molecule has 0 radical (unpaired) electrons. The number of hydrogen-bond donors (Lipinski definition) is 0. The maximum absolute atomic E-state index is 4.91. The molecule has 0 atom stereocenters. The maximum Gasteiger partial charge on any atom is 1.00 e. The van der Waals surface area contributed by atoms with Crippen LogP contribution in [0.3, 0.4) is 0 Å². The van der Waals surface area contributed by atoms with E-state index in [2.05, 4.69) is 27.7 Å². The second-order valence-corrected chi connectivity index (χ2v) is 3.89. The van der Waals surface area contributed by atoms with Gasteiger partial charge in [-0.3, -0.25) is 0 Å². The molecule has 0 spiro atoms. The molecule has 0 aromatic heterocycles. The van der Waals surface area contributed by atoms with Gasteiger partial charge in [0, 0.05) is 12.1 Å². The molecule has 0 bridgehead atoms. The molecule has 0 unspecified atom stereocenters. The Kier molecular flexibility index (Phi) is 8.09. The zero-order chi connectivity index (χ0) is 8.31. The Morgan fingerprint density at radius 1 is 1.18 bits per heavy atom. The summed E-state index contributed by atoms with van der Waals surface area (Å²) in [6, 6.07) is 0.843. The molecular formula is C7H14LiNS2. The van der Waals surface area contributed by atoms with Crippen LogP contribution in [0.1, 0.15) is 27.7 Å². The van der Waals surface area contributed by atoms with Crippen molar-refractivity contribution in [3.63, 3.8) is 0 Å². The molecule has 0 aliphatic heterocycles. The molecule has 0 aliphatic carbocycles. The standard InChI is InChI=1S/C7H15NS2.Li/c1-5(2)8(6(3)4)7(9)10;/h5-6H,1-4H3,(H,9,10);/q;+1/p-1. The van der Waals surface area contributed by atoms with Gasteiger partial charge in [0.05, 0.1) is 0 Å². The van der Waals surface area contributed by atoms with Crippen molar-refractivity contribution in [1.82, 2.24) is 4.90 Å². The van der Waals surface area contributed by atoms with E-state index in [0.717, 1.165) is 0 Å². The molecule has 0 aromatic rings. The van der Waals surface area contributed by atoms with Crippen LogP contribution >= 0.6 is 12.2 Å². The number of thiocarbonyl (C=S) groups is 1. The molecule has 0 fully saturated rings. The zero-order valence-corrected chi connectivity index (χ0v) is 9.55. The van der Waals surface area contributed by atoms with Crippen LogP contribution in [0.4, 0.5) is 0 Å². The van der Waals surface area contributed by atoms with Crippen molar-refractivity contribution in [2.45, 2.75) is 39.8 Å². The Labute approximate surface area is 92.5 Å². The molecule has 0 saturated carbocycles. The molecular weight excluding hydrogens is 169 g/mol. The first-order valence-corrected chi connectivity index (χ1v) is 4.27. The van der Waals surface area contributed by atoms with Crippen molar-refractivity contribution in [2.24, 2.45) is 0 Å². The van der Waals surface area contributed by atoms with Gasteiger partial charge < -0.3 is 29.7 Å². The van der Waals surface area contributed by atoms with Crippen LogP contribution in [0.15, 0.2) is 0 Å². The van der Waals surface area contributed by atoms with E-state index in [1.807, 2.05) is 4.90 Å². The molecule has 11 heavy (non-hydrogen) atoms. The molecule has 0 N–H and O–H groups in total. The van der Waals surface area contributed by atoms with E-state index in [9.17, 15) is 0 Å². The molecule has 0 rings (SSSR count). The summed E-state index contributed by atoms with van der Waals surface area (Å²) in [5.41, 5.74) is 0. The van der Waals surface area contributed by atoms with E-state index in [1.165, 1.54) is 0 Å². The second-order valence-electron chi connectivity index (χ2n) is 2.86. The molecule has 1 nitrogen and oxygen atoms in total. The van der Waals surface area contributed by atoms with Gasteiger partial charge in [0.15, 0.2) is 0 Å². The number of hydrogen-bond acceptors (Lipinski definition) is 2. The van der Waals surface area contributed by atoms with Crippen LogP contribution in [0, 0.1) is 0 Å². The van der Waals surface area contributed by atoms with Crippen LogP contribution in [0.5, 0.6) is 0 Å². The summed E-state index contributed by atoms with van der Waals surface area (Å²) in [5, 5.41) is 0. The summed E-state index contributed by atoms with van der Waals surface area (Å²) in [7, 11) is 0. The van der Waals surface area contributed by atoms with Crippen molar-refractivity contribution in [3.05, 3.63) is 0 Å². The van der Waals surface area contributed by atoms with Crippen LogP contribution < -0.4 is 18.9 Å². The minimum Gasteiger partial charge on any atom is -0.411 e. The Balaban J connectivity index is 0. The number of nitrogens with zero attached hydrogens (tertiary/aromatic N) is 1. The van der Waals surface area contributed by atoms with Crippen LogP contribution in [-0.2, 0) is 12.6 Å². The van der Waals surface area contributed by atoms with Crippen molar-refractivity contribution in [1.29, 1.82) is 0 Å². The van der Waals surface area contributed by atoms with Crippen molar-refractivity contribution >= 4 is 29.2 Å². The van der Waals surface area contributed by atoms with Gasteiger partial charge in [-0.2, -0.15) is 0 Å².